The van der Waals surface area contributed by atoms with Gasteiger partial charge in [0.25, 0.3) is 5.91 Å². The molecule has 0 aliphatic heterocycles. The number of hydrogen-bond acceptors (Lipinski definition) is 9. The van der Waals surface area contributed by atoms with Crippen LogP contribution in [0.2, 0.25) is 0 Å². The van der Waals surface area contributed by atoms with E-state index in [9.17, 15) is 19.5 Å². The Labute approximate surface area is 207 Å². The summed E-state index contributed by atoms with van der Waals surface area (Å²) in [5.41, 5.74) is 15.2. The van der Waals surface area contributed by atoms with Gasteiger partial charge < -0.3 is 32.3 Å². The second kappa shape index (κ2) is 11.8. The fourth-order valence-electron chi connectivity index (χ4n) is 3.74. The Morgan fingerprint density at radius 2 is 1.81 bits per heavy atom. The second-order valence-electron chi connectivity index (χ2n) is 8.26. The van der Waals surface area contributed by atoms with Crippen LogP contribution in [0.15, 0.2) is 30.5 Å². The summed E-state index contributed by atoms with van der Waals surface area (Å²) < 4.78 is 0. The minimum atomic E-state index is -1.29. The number of anilines is 3. The number of benzene rings is 1. The highest BCUT2D eigenvalue weighted by atomic mass is 16.4. The molecule has 0 saturated heterocycles. The number of aryl methyl sites for hydroxylation is 1. The average Bonchev–Trinajstić information content (AvgIpc) is 2.83. The van der Waals surface area contributed by atoms with E-state index in [4.69, 9.17) is 16.6 Å². The Morgan fingerprint density at radius 1 is 1.08 bits per heavy atom. The normalized spacial score (nSPS) is 11.7. The van der Waals surface area contributed by atoms with Crippen LogP contribution in [0.25, 0.3) is 11.0 Å². The molecule has 0 radical (unpaired) electrons. The fourth-order valence-corrected chi connectivity index (χ4v) is 3.74. The van der Waals surface area contributed by atoms with Crippen LogP contribution in [0.1, 0.15) is 54.1 Å². The first kappa shape index (κ1) is 26.1. The monoisotopic (exact) mass is 495 g/mol. The van der Waals surface area contributed by atoms with Crippen LogP contribution in [0, 0.1) is 0 Å². The summed E-state index contributed by atoms with van der Waals surface area (Å²) in [4.78, 5) is 47.2. The van der Waals surface area contributed by atoms with E-state index in [2.05, 4.69) is 32.5 Å². The summed E-state index contributed by atoms with van der Waals surface area (Å²) in [5, 5.41) is 24.3. The van der Waals surface area contributed by atoms with Gasteiger partial charge in [0.05, 0.1) is 5.39 Å². The van der Waals surface area contributed by atoms with E-state index in [1.54, 1.807) is 30.5 Å². The summed E-state index contributed by atoms with van der Waals surface area (Å²) in [6, 6.07) is 5.21. The molecule has 0 saturated carbocycles. The first-order chi connectivity index (χ1) is 17.2. The van der Waals surface area contributed by atoms with E-state index in [-0.39, 0.29) is 30.2 Å². The standard InChI is InChI=1S/C24H29N7O5/c1-2-3-4-16-14(12-28-21-19(16)20(25)30-24(26)31-21)11-27-15-7-5-13(6-8-15)22(34)29-17(23(35)36)9-10-18(32)33/h5-8,12,17,27H,2-4,9-11H2,1H3,(H,29,34)(H,32,33)(H,35,36)(H4,25,26,28,30,31). The predicted molar refractivity (Wildman–Crippen MR) is 134 cm³/mol. The molecule has 0 bridgehead atoms. The van der Waals surface area contributed by atoms with E-state index in [1.165, 1.54) is 0 Å². The van der Waals surface area contributed by atoms with Crippen LogP contribution >= 0.6 is 0 Å². The van der Waals surface area contributed by atoms with Crippen LogP contribution in [-0.2, 0) is 22.6 Å². The smallest absolute Gasteiger partial charge is 0.326 e. The van der Waals surface area contributed by atoms with Crippen LogP contribution in [0.4, 0.5) is 17.5 Å². The number of carboxylic acids is 2. The molecule has 12 nitrogen and oxygen atoms in total. The molecular formula is C24H29N7O5. The summed E-state index contributed by atoms with van der Waals surface area (Å²) >= 11 is 0. The van der Waals surface area contributed by atoms with E-state index in [1.807, 2.05) is 0 Å². The zero-order valence-electron chi connectivity index (χ0n) is 19.8. The summed E-state index contributed by atoms with van der Waals surface area (Å²) in [5.74, 6) is -2.67. The van der Waals surface area contributed by atoms with Crippen molar-refractivity contribution in [3.8, 4) is 0 Å². The number of aliphatic carboxylic acids is 2. The lowest BCUT2D eigenvalue weighted by Gasteiger charge is -2.15. The number of nitrogens with two attached hydrogens (primary N) is 2. The number of nitrogens with one attached hydrogen (secondary N) is 2. The maximum Gasteiger partial charge on any atom is 0.326 e. The van der Waals surface area contributed by atoms with E-state index < -0.39 is 23.9 Å². The lowest BCUT2D eigenvalue weighted by molar-refractivity contribution is -0.140. The van der Waals surface area contributed by atoms with Crippen molar-refractivity contribution in [1.82, 2.24) is 20.3 Å². The number of unbranched alkanes of at least 4 members (excludes halogenated alkanes) is 1. The first-order valence-corrected chi connectivity index (χ1v) is 11.5. The lowest BCUT2D eigenvalue weighted by atomic mass is 10.00. The van der Waals surface area contributed by atoms with Crippen molar-refractivity contribution in [3.63, 3.8) is 0 Å². The van der Waals surface area contributed by atoms with Crippen LogP contribution < -0.4 is 22.1 Å². The molecule has 2 aromatic heterocycles. The Kier molecular flexibility index (Phi) is 8.55. The molecule has 8 N–H and O–H groups in total. The Balaban J connectivity index is 1.72. The molecule has 3 rings (SSSR count). The lowest BCUT2D eigenvalue weighted by Crippen LogP contribution is -2.41. The molecule has 1 unspecified atom stereocenters. The minimum absolute atomic E-state index is 0.0699. The van der Waals surface area contributed by atoms with Crippen LogP contribution in [-0.4, -0.2) is 49.1 Å². The van der Waals surface area contributed by atoms with E-state index in [0.717, 1.165) is 36.1 Å². The number of nitrogens with zero attached hydrogens (tertiary/aromatic N) is 3. The highest BCUT2D eigenvalue weighted by Gasteiger charge is 2.21. The van der Waals surface area contributed by atoms with Crippen molar-refractivity contribution >= 4 is 46.3 Å². The van der Waals surface area contributed by atoms with Gasteiger partial charge in [0.2, 0.25) is 5.95 Å². The van der Waals surface area contributed by atoms with Crippen molar-refractivity contribution in [2.75, 3.05) is 16.8 Å². The molecular weight excluding hydrogens is 466 g/mol. The molecule has 190 valence electrons. The average molecular weight is 496 g/mol. The molecule has 0 spiro atoms. The molecule has 0 fully saturated rings. The molecule has 12 heteroatoms. The number of aromatic nitrogens is 3. The van der Waals surface area contributed by atoms with Gasteiger partial charge in [-0.1, -0.05) is 13.3 Å². The number of carbonyl (C=O) groups excluding carboxylic acids is 1. The van der Waals surface area contributed by atoms with Gasteiger partial charge in [-0.3, -0.25) is 9.59 Å². The van der Waals surface area contributed by atoms with Crippen LogP contribution in [0.5, 0.6) is 0 Å². The van der Waals surface area contributed by atoms with Crippen molar-refractivity contribution in [2.24, 2.45) is 0 Å². The molecule has 0 aliphatic carbocycles. The number of rotatable bonds is 12. The van der Waals surface area contributed by atoms with Crippen molar-refractivity contribution in [3.05, 3.63) is 47.2 Å². The van der Waals surface area contributed by atoms with Gasteiger partial charge in [0, 0.05) is 30.4 Å². The third-order valence-corrected chi connectivity index (χ3v) is 5.63. The number of carboxylic acid groups (broad SMARTS) is 2. The van der Waals surface area contributed by atoms with Gasteiger partial charge in [-0.25, -0.2) is 9.78 Å². The zero-order chi connectivity index (χ0) is 26.2. The van der Waals surface area contributed by atoms with Gasteiger partial charge in [0.1, 0.15) is 11.9 Å². The number of amides is 1. The number of hydrogen-bond donors (Lipinski definition) is 6. The maximum atomic E-state index is 12.4. The highest BCUT2D eigenvalue weighted by molar-refractivity contribution is 5.97. The topological polar surface area (TPSA) is 206 Å². The Morgan fingerprint density at radius 3 is 2.44 bits per heavy atom. The summed E-state index contributed by atoms with van der Waals surface area (Å²) in [6.07, 6.45) is 3.87. The molecule has 1 amide bonds. The maximum absolute atomic E-state index is 12.4. The summed E-state index contributed by atoms with van der Waals surface area (Å²) in [6.45, 7) is 2.54. The molecule has 1 atom stereocenters. The number of pyridine rings is 1. The van der Waals surface area contributed by atoms with E-state index in [0.29, 0.717) is 17.6 Å². The first-order valence-electron chi connectivity index (χ1n) is 11.5. The highest BCUT2D eigenvalue weighted by Crippen LogP contribution is 2.27. The van der Waals surface area contributed by atoms with Gasteiger partial charge >= 0.3 is 11.9 Å². The summed E-state index contributed by atoms with van der Waals surface area (Å²) in [7, 11) is 0. The molecule has 3 aromatic rings. The number of fused-ring (bicyclic) bond motifs is 1. The van der Waals surface area contributed by atoms with Gasteiger partial charge in [0.15, 0.2) is 5.65 Å². The van der Waals surface area contributed by atoms with Gasteiger partial charge in [-0.2, -0.15) is 9.97 Å². The van der Waals surface area contributed by atoms with Crippen LogP contribution in [0.3, 0.4) is 0 Å². The Hall–Kier alpha value is -4.48. The van der Waals surface area contributed by atoms with Crippen molar-refractivity contribution < 1.29 is 24.6 Å². The minimum Gasteiger partial charge on any atom is -0.481 e. The fraction of sp³-hybridized carbons (Fsp3) is 0.333. The predicted octanol–water partition coefficient (Wildman–Crippen LogP) is 2.19. The van der Waals surface area contributed by atoms with Gasteiger partial charge in [-0.05, 0) is 54.7 Å². The third-order valence-electron chi connectivity index (χ3n) is 5.63. The van der Waals surface area contributed by atoms with Crippen molar-refractivity contribution in [1.29, 1.82) is 0 Å². The molecule has 36 heavy (non-hydrogen) atoms. The number of carbonyl (C=O) groups is 3. The van der Waals surface area contributed by atoms with E-state index >= 15 is 0 Å². The van der Waals surface area contributed by atoms with Crippen molar-refractivity contribution in [2.45, 2.75) is 51.6 Å². The third kappa shape index (κ3) is 6.56. The second-order valence-corrected chi connectivity index (χ2v) is 8.26. The number of nitrogen functional groups attached to an aromatic ring is 2. The molecule has 0 aliphatic rings. The SMILES string of the molecule is CCCCc1c(CNc2ccc(C(=O)NC(CCC(=O)O)C(=O)O)cc2)cnc2nc(N)nc(N)c12. The Bertz CT molecular complexity index is 1260. The molecule has 1 aromatic carbocycles. The largest absolute Gasteiger partial charge is 0.481 e. The van der Waals surface area contributed by atoms with Gasteiger partial charge in [-0.15, -0.1) is 0 Å². The quantitative estimate of drug-likeness (QED) is 0.215. The zero-order valence-corrected chi connectivity index (χ0v) is 19.8. The molecule has 2 heterocycles.